The summed E-state index contributed by atoms with van der Waals surface area (Å²) < 4.78 is 5.46. The number of hydrogen-bond donors (Lipinski definition) is 1. The lowest BCUT2D eigenvalue weighted by molar-refractivity contribution is 0.0240. The van der Waals surface area contributed by atoms with Gasteiger partial charge in [-0.05, 0) is 50.6 Å². The SMILES string of the molecule is CC(C)(C)OC(=O)N1CCN(c2ccc(NCc3ccccc3)cc2)CC1. The minimum Gasteiger partial charge on any atom is -0.444 e. The van der Waals surface area contributed by atoms with Crippen molar-refractivity contribution in [2.75, 3.05) is 36.4 Å². The van der Waals surface area contributed by atoms with E-state index in [4.69, 9.17) is 4.74 Å². The lowest BCUT2D eigenvalue weighted by Crippen LogP contribution is -2.50. The zero-order valence-electron chi connectivity index (χ0n) is 16.4. The Bertz CT molecular complexity index is 730. The highest BCUT2D eigenvalue weighted by atomic mass is 16.6. The number of carbonyl (C=O) groups is 1. The number of nitrogens with one attached hydrogen (secondary N) is 1. The van der Waals surface area contributed by atoms with Crippen molar-refractivity contribution in [1.82, 2.24) is 4.90 Å². The summed E-state index contributed by atoms with van der Waals surface area (Å²) in [7, 11) is 0. The van der Waals surface area contributed by atoms with E-state index in [1.807, 2.05) is 26.8 Å². The smallest absolute Gasteiger partial charge is 0.410 e. The van der Waals surface area contributed by atoms with Gasteiger partial charge in [0.15, 0.2) is 0 Å². The van der Waals surface area contributed by atoms with Crippen LogP contribution in [0.25, 0.3) is 0 Å². The molecule has 0 aromatic heterocycles. The average Bonchev–Trinajstić information content (AvgIpc) is 2.66. The summed E-state index contributed by atoms with van der Waals surface area (Å²) in [6.07, 6.45) is -0.220. The molecule has 0 aliphatic carbocycles. The van der Waals surface area contributed by atoms with Gasteiger partial charge in [0.25, 0.3) is 0 Å². The van der Waals surface area contributed by atoms with Crippen molar-refractivity contribution in [2.45, 2.75) is 32.9 Å². The molecule has 1 heterocycles. The van der Waals surface area contributed by atoms with Gasteiger partial charge in [-0.2, -0.15) is 0 Å². The molecule has 0 atom stereocenters. The van der Waals surface area contributed by atoms with Crippen molar-refractivity contribution in [3.05, 3.63) is 60.2 Å². The van der Waals surface area contributed by atoms with E-state index in [-0.39, 0.29) is 6.09 Å². The zero-order valence-corrected chi connectivity index (χ0v) is 16.4. The van der Waals surface area contributed by atoms with Crippen LogP contribution in [0.15, 0.2) is 54.6 Å². The summed E-state index contributed by atoms with van der Waals surface area (Å²) >= 11 is 0. The Balaban J connectivity index is 1.49. The standard InChI is InChI=1S/C22H29N3O2/c1-22(2,3)27-21(26)25-15-13-24(14-16-25)20-11-9-19(10-12-20)23-17-18-7-5-4-6-8-18/h4-12,23H,13-17H2,1-3H3. The number of nitrogens with zero attached hydrogens (tertiary/aromatic N) is 2. The molecule has 1 amide bonds. The van der Waals surface area contributed by atoms with Crippen LogP contribution in [-0.2, 0) is 11.3 Å². The molecule has 144 valence electrons. The Morgan fingerprint density at radius 2 is 1.59 bits per heavy atom. The zero-order chi connectivity index (χ0) is 19.3. The lowest BCUT2D eigenvalue weighted by Gasteiger charge is -2.36. The van der Waals surface area contributed by atoms with Crippen LogP contribution in [0, 0.1) is 0 Å². The fourth-order valence-electron chi connectivity index (χ4n) is 3.06. The summed E-state index contributed by atoms with van der Waals surface area (Å²) in [5.74, 6) is 0. The van der Waals surface area contributed by atoms with Crippen molar-refractivity contribution in [1.29, 1.82) is 0 Å². The summed E-state index contributed by atoms with van der Waals surface area (Å²) in [4.78, 5) is 16.3. The topological polar surface area (TPSA) is 44.8 Å². The number of piperazine rings is 1. The summed E-state index contributed by atoms with van der Waals surface area (Å²) in [6.45, 7) is 9.50. The van der Waals surface area contributed by atoms with Crippen LogP contribution < -0.4 is 10.2 Å². The molecule has 2 aromatic carbocycles. The summed E-state index contributed by atoms with van der Waals surface area (Å²) in [5, 5.41) is 3.45. The molecule has 0 unspecified atom stereocenters. The Morgan fingerprint density at radius 1 is 0.963 bits per heavy atom. The molecular formula is C22H29N3O2. The van der Waals surface area contributed by atoms with E-state index in [0.29, 0.717) is 13.1 Å². The second-order valence-corrected chi connectivity index (χ2v) is 7.84. The maximum atomic E-state index is 12.2. The normalized spacial score (nSPS) is 14.8. The van der Waals surface area contributed by atoms with Crippen LogP contribution in [0.2, 0.25) is 0 Å². The fraction of sp³-hybridized carbons (Fsp3) is 0.409. The molecule has 0 spiro atoms. The maximum Gasteiger partial charge on any atom is 0.410 e. The second kappa shape index (κ2) is 8.33. The Labute approximate surface area is 161 Å². The van der Waals surface area contributed by atoms with Crippen LogP contribution in [0.4, 0.5) is 16.2 Å². The predicted octanol–water partition coefficient (Wildman–Crippen LogP) is 4.36. The number of amides is 1. The predicted molar refractivity (Wildman–Crippen MR) is 110 cm³/mol. The molecule has 0 bridgehead atoms. The van der Waals surface area contributed by atoms with Crippen LogP contribution >= 0.6 is 0 Å². The van der Waals surface area contributed by atoms with Crippen molar-refractivity contribution >= 4 is 17.5 Å². The van der Waals surface area contributed by atoms with Crippen molar-refractivity contribution in [3.8, 4) is 0 Å². The Hall–Kier alpha value is -2.69. The molecule has 5 heteroatoms. The number of hydrogen-bond acceptors (Lipinski definition) is 4. The van der Waals surface area contributed by atoms with E-state index in [1.165, 1.54) is 11.3 Å². The number of carbonyl (C=O) groups excluding carboxylic acids is 1. The monoisotopic (exact) mass is 367 g/mol. The Morgan fingerprint density at radius 3 is 2.19 bits per heavy atom. The van der Waals surface area contributed by atoms with Crippen LogP contribution in [0.3, 0.4) is 0 Å². The molecule has 1 saturated heterocycles. The van der Waals surface area contributed by atoms with Gasteiger partial charge in [0.05, 0.1) is 0 Å². The first-order valence-corrected chi connectivity index (χ1v) is 9.51. The van der Waals surface area contributed by atoms with E-state index in [1.54, 1.807) is 4.90 Å². The van der Waals surface area contributed by atoms with E-state index in [9.17, 15) is 4.79 Å². The first-order valence-electron chi connectivity index (χ1n) is 9.51. The average molecular weight is 367 g/mol. The van der Waals surface area contributed by atoms with Crippen LogP contribution in [-0.4, -0.2) is 42.8 Å². The molecule has 0 radical (unpaired) electrons. The molecule has 27 heavy (non-hydrogen) atoms. The van der Waals surface area contributed by atoms with Crippen molar-refractivity contribution in [2.24, 2.45) is 0 Å². The van der Waals surface area contributed by atoms with Gasteiger partial charge in [0.2, 0.25) is 0 Å². The highest BCUT2D eigenvalue weighted by Crippen LogP contribution is 2.21. The summed E-state index contributed by atoms with van der Waals surface area (Å²) in [5.41, 5.74) is 3.11. The third kappa shape index (κ3) is 5.64. The summed E-state index contributed by atoms with van der Waals surface area (Å²) in [6, 6.07) is 18.9. The molecule has 1 aliphatic rings. The number of ether oxygens (including phenoxy) is 1. The quantitative estimate of drug-likeness (QED) is 0.872. The molecule has 3 rings (SSSR count). The molecule has 1 fully saturated rings. The van der Waals surface area contributed by atoms with Gasteiger partial charge >= 0.3 is 6.09 Å². The second-order valence-electron chi connectivity index (χ2n) is 7.84. The van der Waals surface area contributed by atoms with Gasteiger partial charge in [-0.15, -0.1) is 0 Å². The molecule has 0 saturated carbocycles. The third-order valence-electron chi connectivity index (χ3n) is 4.50. The van der Waals surface area contributed by atoms with Crippen LogP contribution in [0.1, 0.15) is 26.3 Å². The van der Waals surface area contributed by atoms with E-state index in [2.05, 4.69) is 58.7 Å². The number of rotatable bonds is 4. The van der Waals surface area contributed by atoms with E-state index >= 15 is 0 Å². The number of benzene rings is 2. The fourth-order valence-corrected chi connectivity index (χ4v) is 3.06. The first-order chi connectivity index (χ1) is 12.9. The molecular weight excluding hydrogens is 338 g/mol. The molecule has 5 nitrogen and oxygen atoms in total. The molecule has 1 aliphatic heterocycles. The van der Waals surface area contributed by atoms with Gasteiger partial charge in [-0.3, -0.25) is 0 Å². The minimum absolute atomic E-state index is 0.220. The van der Waals surface area contributed by atoms with Gasteiger partial charge in [0, 0.05) is 44.1 Å². The molecule has 1 N–H and O–H groups in total. The van der Waals surface area contributed by atoms with Crippen molar-refractivity contribution in [3.63, 3.8) is 0 Å². The van der Waals surface area contributed by atoms with Gasteiger partial charge in [-0.1, -0.05) is 30.3 Å². The Kier molecular flexibility index (Phi) is 5.89. The first kappa shape index (κ1) is 19.1. The van der Waals surface area contributed by atoms with Crippen molar-refractivity contribution < 1.29 is 9.53 Å². The minimum atomic E-state index is -0.448. The lowest BCUT2D eigenvalue weighted by atomic mass is 10.2. The number of anilines is 2. The van der Waals surface area contributed by atoms with Gasteiger partial charge in [-0.25, -0.2) is 4.79 Å². The van der Waals surface area contributed by atoms with Crippen LogP contribution in [0.5, 0.6) is 0 Å². The van der Waals surface area contributed by atoms with Gasteiger partial charge in [0.1, 0.15) is 5.60 Å². The third-order valence-corrected chi connectivity index (χ3v) is 4.50. The molecule has 2 aromatic rings. The van der Waals surface area contributed by atoms with Gasteiger partial charge < -0.3 is 19.9 Å². The largest absolute Gasteiger partial charge is 0.444 e. The highest BCUT2D eigenvalue weighted by molar-refractivity contribution is 5.68. The van der Waals surface area contributed by atoms with E-state index in [0.717, 1.165) is 25.3 Å². The highest BCUT2D eigenvalue weighted by Gasteiger charge is 2.25. The van der Waals surface area contributed by atoms with E-state index < -0.39 is 5.60 Å². The maximum absolute atomic E-state index is 12.2.